The predicted octanol–water partition coefficient (Wildman–Crippen LogP) is 22.5. The largest absolute Gasteiger partial charge is 0.309 e. The maximum atomic E-state index is 15.7. The number of hydrogen-bond donors (Lipinski definition) is 0. The molecule has 0 N–H and O–H groups in total. The van der Waals surface area contributed by atoms with Gasteiger partial charge in [-0.1, -0.05) is 385 Å². The van der Waals surface area contributed by atoms with Gasteiger partial charge in [0.15, 0.2) is 28.6 Å². The van der Waals surface area contributed by atoms with Crippen molar-refractivity contribution in [3.05, 3.63) is 430 Å². The molecule has 114 heavy (non-hydrogen) atoms. The first-order valence-electron chi connectivity index (χ1n) is 39.1. The molecule has 1 aromatic heterocycles. The molecular weight excluding hydrogens is 1460 g/mol. The fraction of sp³-hybridized carbons (Fsp3) is 0.0571. The van der Waals surface area contributed by atoms with Gasteiger partial charge in [0.05, 0.1) is 0 Å². The zero-order valence-corrected chi connectivity index (χ0v) is 67.1. The minimum absolute atomic E-state index is 0.728. The van der Waals surface area contributed by atoms with Crippen LogP contribution in [0.25, 0.3) is 87.6 Å². The highest BCUT2D eigenvalue weighted by Gasteiger charge is 2.35. The van der Waals surface area contributed by atoms with Crippen LogP contribution < -0.4 is 63.7 Å². The van der Waals surface area contributed by atoms with E-state index in [0.29, 0.717) is 0 Å². The molecule has 5 nitrogen and oxygen atoms in total. The molecule has 552 valence electrons. The summed E-state index contributed by atoms with van der Waals surface area (Å²) in [6.45, 7) is 4.43. The number of aryl methyl sites for hydroxylation is 2. The number of aromatic nitrogens is 1. The first kappa shape index (κ1) is 74.6. The minimum atomic E-state index is -3.29. The lowest BCUT2D eigenvalue weighted by Gasteiger charge is -2.22. The molecule has 0 saturated carbocycles. The first-order chi connectivity index (χ1) is 55.9. The minimum Gasteiger partial charge on any atom is -0.309 e. The van der Waals surface area contributed by atoms with Crippen molar-refractivity contribution in [2.45, 2.75) is 39.5 Å². The van der Waals surface area contributed by atoms with E-state index in [2.05, 4.69) is 147 Å². The molecule has 0 radical (unpaired) electrons. The third-order valence-corrected chi connectivity index (χ3v) is 34.2. The molecule has 9 heteroatoms. The lowest BCUT2D eigenvalue weighted by molar-refractivity contribution is 0.591. The average molecular weight is 1550 g/mol. The van der Waals surface area contributed by atoms with Crippen LogP contribution in [-0.2, 0) is 31.1 Å². The molecule has 0 atom stereocenters. The van der Waals surface area contributed by atoms with Gasteiger partial charge >= 0.3 is 0 Å². The summed E-state index contributed by atoms with van der Waals surface area (Å²) in [6.07, 6.45) is 6.30. The summed E-state index contributed by atoms with van der Waals surface area (Å²) < 4.78 is 62.4. The molecule has 0 amide bonds. The molecule has 17 aromatic carbocycles. The Kier molecular flexibility index (Phi) is 21.3. The fourth-order valence-corrected chi connectivity index (χ4v) is 27.2. The van der Waals surface area contributed by atoms with Crippen molar-refractivity contribution in [1.29, 1.82) is 0 Å². The molecule has 0 aliphatic rings. The highest BCUT2D eigenvalue weighted by molar-refractivity contribution is 7.86. The van der Waals surface area contributed by atoms with Crippen LogP contribution in [0.3, 0.4) is 0 Å². The number of nitrogens with zero attached hydrogens (tertiary/aromatic N) is 1. The van der Waals surface area contributed by atoms with Gasteiger partial charge in [-0.2, -0.15) is 0 Å². The highest BCUT2D eigenvalue weighted by Crippen LogP contribution is 2.50. The second-order valence-electron chi connectivity index (χ2n) is 29.1. The fourth-order valence-electron chi connectivity index (χ4n) is 16.4. The molecule has 0 unspecified atom stereocenters. The lowest BCUT2D eigenvalue weighted by atomic mass is 9.88. The maximum absolute atomic E-state index is 15.7. The Morgan fingerprint density at radius 2 is 0.491 bits per heavy atom. The van der Waals surface area contributed by atoms with E-state index >= 15 is 18.3 Å². The number of fused-ring (bicyclic) bond motifs is 6. The third kappa shape index (κ3) is 14.2. The zero-order valence-electron chi connectivity index (χ0n) is 63.5. The van der Waals surface area contributed by atoms with Gasteiger partial charge in [-0.05, 0) is 155 Å². The molecule has 0 fully saturated rings. The van der Waals surface area contributed by atoms with Crippen LogP contribution in [0.2, 0.25) is 0 Å². The molecule has 1 heterocycles. The van der Waals surface area contributed by atoms with E-state index in [1.807, 2.05) is 285 Å². The average Bonchev–Trinajstić information content (AvgIpc) is 0.730. The monoisotopic (exact) mass is 1550 g/mol. The molecule has 0 aliphatic carbocycles. The van der Waals surface area contributed by atoms with Crippen LogP contribution in [-0.4, -0.2) is 4.98 Å². The van der Waals surface area contributed by atoms with E-state index in [4.69, 9.17) is 4.98 Å². The number of pyridine rings is 1. The van der Waals surface area contributed by atoms with Crippen molar-refractivity contribution in [3.8, 4) is 44.5 Å². The van der Waals surface area contributed by atoms with Gasteiger partial charge in [-0.15, -0.1) is 0 Å². The lowest BCUT2D eigenvalue weighted by Crippen LogP contribution is -2.25. The second-order valence-corrected chi connectivity index (χ2v) is 40.2. The quantitative estimate of drug-likeness (QED) is 0.0431. The van der Waals surface area contributed by atoms with Crippen LogP contribution in [0, 0.1) is 0 Å². The van der Waals surface area contributed by atoms with Gasteiger partial charge in [0, 0.05) is 80.9 Å². The van der Waals surface area contributed by atoms with Gasteiger partial charge < -0.3 is 18.3 Å². The number of benzene rings is 17. The third-order valence-electron chi connectivity index (χ3n) is 22.0. The Labute approximate surface area is 667 Å². The van der Waals surface area contributed by atoms with E-state index in [1.54, 1.807) is 0 Å². The SMILES string of the molecule is CCCc1ccc2c(ccc3c(-c4cccc(P(=O)(c5ccccc5)c5ccccc5)c4)c4ccc5cc(CCC)ncc5c4cc32)c1.O=P(c1ccccc1)(c1ccccc1)c1cccc(-c2cc(-c3cccc(P(=O)(c4ccccc4)c4ccccc4)c3)cc(-c3cccc(P(=O)(c4ccccc4)c4ccccc4)c3)c2)c1. The topological polar surface area (TPSA) is 81.2 Å². The molecule has 0 saturated heterocycles. The van der Waals surface area contributed by atoms with Crippen molar-refractivity contribution in [2.24, 2.45) is 0 Å². The number of hydrogen-bond acceptors (Lipinski definition) is 5. The summed E-state index contributed by atoms with van der Waals surface area (Å²) in [6, 6.07) is 138. The Morgan fingerprint density at radius 1 is 0.211 bits per heavy atom. The Hall–Kier alpha value is -12.2. The van der Waals surface area contributed by atoms with E-state index < -0.39 is 28.6 Å². The van der Waals surface area contributed by atoms with Crippen molar-refractivity contribution in [3.63, 3.8) is 0 Å². The molecule has 18 aromatic rings. The maximum Gasteiger partial charge on any atom is 0.171 e. The molecule has 0 spiro atoms. The summed E-state index contributed by atoms with van der Waals surface area (Å²) in [7, 11) is -13.0. The van der Waals surface area contributed by atoms with E-state index in [9.17, 15) is 0 Å². The van der Waals surface area contributed by atoms with Crippen molar-refractivity contribution in [1.82, 2.24) is 4.98 Å². The molecule has 0 aliphatic heterocycles. The summed E-state index contributed by atoms with van der Waals surface area (Å²) >= 11 is 0. The van der Waals surface area contributed by atoms with Gasteiger partial charge in [0.2, 0.25) is 0 Å². The summed E-state index contributed by atoms with van der Waals surface area (Å²) in [5.74, 6) is 0. The van der Waals surface area contributed by atoms with Crippen LogP contribution in [0.4, 0.5) is 0 Å². The second kappa shape index (κ2) is 32.5. The summed E-state index contributed by atoms with van der Waals surface area (Å²) in [5, 5.41) is 18.9. The van der Waals surface area contributed by atoms with Crippen LogP contribution in [0.15, 0.2) is 419 Å². The molecule has 0 bridgehead atoms. The standard InChI is InChI=1S/C60H45O3P3.C45H38NOP/c61-64(52-25-7-1-8-26-52,53-27-9-2-10-28-53)58-37-19-22-46(43-58)49-40-50(47-23-20-38-59(44-47)65(62,54-29-11-3-12-30-54)55-31-13-4-14-32-55)42-51(41-49)48-24-21-39-60(45-48)66(63,56-33-15-5-16-34-56)57-35-17-6-18-36-57;1-3-12-31-20-23-39-32(26-31)21-24-40-42(39)29-43-41(25-22-33-27-35(13-4-2)46-30-44(33)43)45(40)34-14-11-19-38(28-34)48(47,36-15-7-5-8-16-36)37-17-9-6-10-18-37/h1-45H;5-11,14-30H,3-4,12-13H2,1-2H3. The Morgan fingerprint density at radius 3 is 0.816 bits per heavy atom. The summed E-state index contributed by atoms with van der Waals surface area (Å²) in [4.78, 5) is 4.90. The smallest absolute Gasteiger partial charge is 0.171 e. The predicted molar refractivity (Wildman–Crippen MR) is 488 cm³/mol. The van der Waals surface area contributed by atoms with Gasteiger partial charge in [-0.25, -0.2) is 0 Å². The molecule has 18 rings (SSSR count). The first-order valence-corrected chi connectivity index (χ1v) is 45.9. The van der Waals surface area contributed by atoms with Crippen molar-refractivity contribution >= 4 is 135 Å². The van der Waals surface area contributed by atoms with E-state index in [0.717, 1.165) is 145 Å². The highest BCUT2D eigenvalue weighted by atomic mass is 31.2. The molecular formula is C105H83NO4P4. The van der Waals surface area contributed by atoms with Crippen LogP contribution in [0.5, 0.6) is 0 Å². The van der Waals surface area contributed by atoms with Crippen molar-refractivity contribution in [2.75, 3.05) is 0 Å². The zero-order chi connectivity index (χ0) is 77.6. The van der Waals surface area contributed by atoms with Crippen molar-refractivity contribution < 1.29 is 18.3 Å². The van der Waals surface area contributed by atoms with E-state index in [1.165, 1.54) is 43.3 Å². The van der Waals surface area contributed by atoms with Gasteiger partial charge in [0.25, 0.3) is 0 Å². The Balaban J connectivity index is 0.000000173. The van der Waals surface area contributed by atoms with E-state index in [-0.39, 0.29) is 0 Å². The van der Waals surface area contributed by atoms with Gasteiger partial charge in [-0.3, -0.25) is 4.98 Å². The summed E-state index contributed by atoms with van der Waals surface area (Å²) in [5.41, 5.74) is 10.2. The Bertz CT molecular complexity index is 6090. The van der Waals surface area contributed by atoms with Gasteiger partial charge in [0.1, 0.15) is 0 Å². The van der Waals surface area contributed by atoms with Crippen LogP contribution in [0.1, 0.15) is 37.9 Å². The van der Waals surface area contributed by atoms with Crippen LogP contribution >= 0.6 is 28.6 Å². The number of rotatable bonds is 20. The normalized spacial score (nSPS) is 11.9.